The largest absolute Gasteiger partial charge is 0.456 e. The number of carbonyl (C=O) groups excluding carboxylic acids is 3. The van der Waals surface area contributed by atoms with Gasteiger partial charge >= 0.3 is 5.97 Å². The number of hydrogen-bond donors (Lipinski definition) is 1. The quantitative estimate of drug-likeness (QED) is 0.834. The molecule has 1 N–H and O–H groups in total. The van der Waals surface area contributed by atoms with Gasteiger partial charge in [0.05, 0.1) is 11.4 Å². The van der Waals surface area contributed by atoms with Crippen LogP contribution in [0.25, 0.3) is 0 Å². The van der Waals surface area contributed by atoms with Crippen molar-refractivity contribution >= 4 is 29.2 Å². The fourth-order valence-corrected chi connectivity index (χ4v) is 3.55. The number of para-hydroxylation sites is 2. The number of nitrogens with one attached hydrogen (secondary N) is 1. The predicted octanol–water partition coefficient (Wildman–Crippen LogP) is 2.88. The van der Waals surface area contributed by atoms with Gasteiger partial charge < -0.3 is 10.1 Å². The molecule has 1 aliphatic heterocycles. The molecule has 134 valence electrons. The summed E-state index contributed by atoms with van der Waals surface area (Å²) in [7, 11) is 0. The predicted molar refractivity (Wildman–Crippen MR) is 94.2 cm³/mol. The second kappa shape index (κ2) is 8.14. The number of nitrogens with zero attached hydrogens (tertiary/aromatic N) is 1. The zero-order chi connectivity index (χ0) is 17.6. The van der Waals surface area contributed by atoms with Gasteiger partial charge in [0, 0.05) is 6.42 Å². The summed E-state index contributed by atoms with van der Waals surface area (Å²) in [4.78, 5) is 37.4. The Morgan fingerprint density at radius 1 is 1.16 bits per heavy atom. The minimum absolute atomic E-state index is 0.0600. The fraction of sp³-hybridized carbons (Fsp3) is 0.526. The number of amides is 2. The summed E-state index contributed by atoms with van der Waals surface area (Å²) in [5, 5.41) is 2.73. The van der Waals surface area contributed by atoms with E-state index in [-0.39, 0.29) is 30.9 Å². The van der Waals surface area contributed by atoms with Crippen molar-refractivity contribution in [3.63, 3.8) is 0 Å². The smallest absolute Gasteiger partial charge is 0.306 e. The van der Waals surface area contributed by atoms with Crippen LogP contribution in [0, 0.1) is 5.92 Å². The third-order valence-corrected chi connectivity index (χ3v) is 4.91. The second-order valence-electron chi connectivity index (χ2n) is 6.75. The Kier molecular flexibility index (Phi) is 5.68. The SMILES string of the molecule is O=C1CN(C(=O)COC(=O)CCC2CCCCC2)c2ccccc2N1. The molecule has 1 heterocycles. The molecule has 2 aliphatic rings. The molecule has 0 unspecified atom stereocenters. The van der Waals surface area contributed by atoms with Crippen molar-refractivity contribution in [2.45, 2.75) is 44.9 Å². The van der Waals surface area contributed by atoms with Crippen LogP contribution >= 0.6 is 0 Å². The average molecular weight is 344 g/mol. The van der Waals surface area contributed by atoms with Crippen molar-refractivity contribution in [3.05, 3.63) is 24.3 Å². The summed E-state index contributed by atoms with van der Waals surface area (Å²) in [5.74, 6) is -0.368. The van der Waals surface area contributed by atoms with E-state index in [0.29, 0.717) is 23.7 Å². The number of rotatable bonds is 5. The lowest BCUT2D eigenvalue weighted by atomic mass is 9.86. The maximum Gasteiger partial charge on any atom is 0.306 e. The summed E-state index contributed by atoms with van der Waals surface area (Å²) in [6.07, 6.45) is 7.35. The van der Waals surface area contributed by atoms with Gasteiger partial charge in [0.2, 0.25) is 5.91 Å². The molecule has 1 aromatic rings. The normalized spacial score (nSPS) is 17.6. The van der Waals surface area contributed by atoms with E-state index < -0.39 is 0 Å². The first-order valence-electron chi connectivity index (χ1n) is 8.98. The van der Waals surface area contributed by atoms with Crippen molar-refractivity contribution in [3.8, 4) is 0 Å². The number of hydrogen-bond acceptors (Lipinski definition) is 4. The summed E-state index contributed by atoms with van der Waals surface area (Å²) >= 11 is 0. The molecule has 1 aliphatic carbocycles. The lowest BCUT2D eigenvalue weighted by Gasteiger charge is -2.28. The molecule has 3 rings (SSSR count). The Balaban J connectivity index is 1.49. The molecule has 1 aromatic carbocycles. The van der Waals surface area contributed by atoms with Crippen LogP contribution in [0.5, 0.6) is 0 Å². The minimum Gasteiger partial charge on any atom is -0.456 e. The zero-order valence-corrected chi connectivity index (χ0v) is 14.3. The maximum atomic E-state index is 12.4. The van der Waals surface area contributed by atoms with Crippen molar-refractivity contribution in [2.75, 3.05) is 23.4 Å². The number of carbonyl (C=O) groups is 3. The first-order valence-corrected chi connectivity index (χ1v) is 8.98. The molecule has 6 heteroatoms. The first kappa shape index (κ1) is 17.5. The monoisotopic (exact) mass is 344 g/mol. The Labute approximate surface area is 147 Å². The van der Waals surface area contributed by atoms with Gasteiger partial charge in [-0.05, 0) is 24.5 Å². The van der Waals surface area contributed by atoms with Crippen LogP contribution in [0.3, 0.4) is 0 Å². The Hall–Kier alpha value is -2.37. The number of anilines is 2. The third kappa shape index (κ3) is 4.59. The first-order chi connectivity index (χ1) is 12.1. The Bertz CT molecular complexity index is 653. The van der Waals surface area contributed by atoms with Crippen LogP contribution in [-0.4, -0.2) is 30.9 Å². The minimum atomic E-state index is -0.381. The van der Waals surface area contributed by atoms with Crippen molar-refractivity contribution in [1.29, 1.82) is 0 Å². The van der Waals surface area contributed by atoms with E-state index in [0.717, 1.165) is 6.42 Å². The van der Waals surface area contributed by atoms with E-state index in [1.807, 2.05) is 0 Å². The topological polar surface area (TPSA) is 75.7 Å². The molecule has 0 radical (unpaired) electrons. The molecule has 1 saturated carbocycles. The number of esters is 1. The summed E-state index contributed by atoms with van der Waals surface area (Å²) < 4.78 is 5.14. The van der Waals surface area contributed by atoms with Crippen molar-refractivity contribution in [2.24, 2.45) is 5.92 Å². The van der Waals surface area contributed by atoms with Gasteiger partial charge in [-0.15, -0.1) is 0 Å². The summed E-state index contributed by atoms with van der Waals surface area (Å²) in [6.45, 7) is -0.388. The number of benzene rings is 1. The molecule has 25 heavy (non-hydrogen) atoms. The van der Waals surface area contributed by atoms with Crippen LogP contribution in [0.2, 0.25) is 0 Å². The van der Waals surface area contributed by atoms with Gasteiger partial charge in [0.15, 0.2) is 6.61 Å². The highest BCUT2D eigenvalue weighted by Crippen LogP contribution is 2.29. The van der Waals surface area contributed by atoms with E-state index in [4.69, 9.17) is 4.74 Å². The lowest BCUT2D eigenvalue weighted by Crippen LogP contribution is -2.44. The lowest BCUT2D eigenvalue weighted by molar-refractivity contribution is -0.148. The van der Waals surface area contributed by atoms with E-state index in [1.54, 1.807) is 24.3 Å². The van der Waals surface area contributed by atoms with Crippen LogP contribution in [0.1, 0.15) is 44.9 Å². The maximum absolute atomic E-state index is 12.4. The average Bonchev–Trinajstić information content (AvgIpc) is 2.64. The van der Waals surface area contributed by atoms with E-state index >= 15 is 0 Å². The molecule has 0 saturated heterocycles. The van der Waals surface area contributed by atoms with Gasteiger partial charge in [0.1, 0.15) is 6.54 Å². The summed E-state index contributed by atoms with van der Waals surface area (Å²) in [5.41, 5.74) is 1.22. The molecule has 1 fully saturated rings. The second-order valence-corrected chi connectivity index (χ2v) is 6.75. The van der Waals surface area contributed by atoms with Crippen molar-refractivity contribution in [1.82, 2.24) is 0 Å². The van der Waals surface area contributed by atoms with Gasteiger partial charge in [-0.25, -0.2) is 0 Å². The summed E-state index contributed by atoms with van der Waals surface area (Å²) in [6, 6.07) is 7.09. The van der Waals surface area contributed by atoms with Gasteiger partial charge in [-0.1, -0.05) is 44.2 Å². The van der Waals surface area contributed by atoms with E-state index in [2.05, 4.69) is 5.32 Å². The third-order valence-electron chi connectivity index (χ3n) is 4.91. The van der Waals surface area contributed by atoms with E-state index in [9.17, 15) is 14.4 Å². The van der Waals surface area contributed by atoms with Gasteiger partial charge in [-0.2, -0.15) is 0 Å². The highest BCUT2D eigenvalue weighted by Gasteiger charge is 2.27. The van der Waals surface area contributed by atoms with Crippen LogP contribution in [-0.2, 0) is 19.1 Å². The Morgan fingerprint density at radius 2 is 1.92 bits per heavy atom. The molecule has 0 aromatic heterocycles. The molecule has 2 amide bonds. The number of fused-ring (bicyclic) bond motifs is 1. The van der Waals surface area contributed by atoms with Crippen LogP contribution in [0.4, 0.5) is 11.4 Å². The van der Waals surface area contributed by atoms with Crippen LogP contribution in [0.15, 0.2) is 24.3 Å². The van der Waals surface area contributed by atoms with E-state index in [1.165, 1.54) is 37.0 Å². The standard InChI is InChI=1S/C19H24N2O4/c22-17-12-21(16-9-5-4-8-15(16)20-17)18(23)13-25-19(24)11-10-14-6-2-1-3-7-14/h4-5,8-9,14H,1-3,6-7,10-13H2,(H,20,22). The van der Waals surface area contributed by atoms with Gasteiger partial charge in [0.25, 0.3) is 5.91 Å². The zero-order valence-electron chi connectivity index (χ0n) is 14.3. The Morgan fingerprint density at radius 3 is 2.72 bits per heavy atom. The van der Waals surface area contributed by atoms with Gasteiger partial charge in [-0.3, -0.25) is 19.3 Å². The molecule has 0 atom stereocenters. The molecular formula is C19H24N2O4. The number of ether oxygens (including phenoxy) is 1. The molecule has 0 bridgehead atoms. The molecular weight excluding hydrogens is 320 g/mol. The molecule has 6 nitrogen and oxygen atoms in total. The molecule has 0 spiro atoms. The highest BCUT2D eigenvalue weighted by atomic mass is 16.5. The fourth-order valence-electron chi connectivity index (χ4n) is 3.55. The highest BCUT2D eigenvalue weighted by molar-refractivity contribution is 6.10. The van der Waals surface area contributed by atoms with Crippen molar-refractivity contribution < 1.29 is 19.1 Å². The van der Waals surface area contributed by atoms with Crippen LogP contribution < -0.4 is 10.2 Å².